The van der Waals surface area contributed by atoms with Crippen LogP contribution in [0.2, 0.25) is 0 Å². The van der Waals surface area contributed by atoms with E-state index >= 15 is 0 Å². The van der Waals surface area contributed by atoms with Crippen molar-refractivity contribution in [1.82, 2.24) is 0 Å². The summed E-state index contributed by atoms with van der Waals surface area (Å²) in [6.45, 7) is 8.21. The summed E-state index contributed by atoms with van der Waals surface area (Å²) >= 11 is 1.73. The van der Waals surface area contributed by atoms with E-state index in [1.807, 2.05) is 18.2 Å². The quantitative estimate of drug-likeness (QED) is 0.729. The van der Waals surface area contributed by atoms with Crippen LogP contribution in [-0.2, 0) is 0 Å². The molecular weight excluding hydrogens is 216 g/mol. The molecule has 0 bridgehead atoms. The Labute approximate surface area is 102 Å². The molecule has 1 aromatic carbocycles. The highest BCUT2D eigenvalue weighted by molar-refractivity contribution is 7.99. The molecular formula is C13H18N2S. The Kier molecular flexibility index (Phi) is 5.21. The van der Waals surface area contributed by atoms with Crippen molar-refractivity contribution < 1.29 is 0 Å². The molecule has 0 atom stereocenters. The van der Waals surface area contributed by atoms with Gasteiger partial charge in [-0.1, -0.05) is 13.0 Å². The van der Waals surface area contributed by atoms with Crippen LogP contribution >= 0.6 is 11.8 Å². The maximum Gasteiger partial charge on any atom is 0.103 e. The molecule has 0 unspecified atom stereocenters. The minimum Gasteiger partial charge on any atom is -0.371 e. The second kappa shape index (κ2) is 6.44. The van der Waals surface area contributed by atoms with Crippen LogP contribution in [0.25, 0.3) is 0 Å². The first-order chi connectivity index (χ1) is 7.78. The summed E-state index contributed by atoms with van der Waals surface area (Å²) in [5, 5.41) is 9.28. The summed E-state index contributed by atoms with van der Waals surface area (Å²) < 4.78 is 0. The van der Waals surface area contributed by atoms with Crippen molar-refractivity contribution in [2.24, 2.45) is 0 Å². The number of thioether (sulfide) groups is 1. The minimum absolute atomic E-state index is 0.818. The molecule has 0 saturated carbocycles. The van der Waals surface area contributed by atoms with Crippen LogP contribution in [0.15, 0.2) is 23.1 Å². The first-order valence-corrected chi connectivity index (χ1v) is 6.67. The van der Waals surface area contributed by atoms with Crippen LogP contribution in [0.4, 0.5) is 5.69 Å². The molecule has 0 aliphatic rings. The summed E-state index contributed by atoms with van der Waals surface area (Å²) in [7, 11) is 0. The van der Waals surface area contributed by atoms with Crippen molar-refractivity contribution in [3.05, 3.63) is 23.8 Å². The normalized spacial score (nSPS) is 9.88. The van der Waals surface area contributed by atoms with Crippen molar-refractivity contribution in [1.29, 1.82) is 5.26 Å². The molecule has 0 aliphatic carbocycles. The van der Waals surface area contributed by atoms with Gasteiger partial charge in [-0.25, -0.2) is 0 Å². The number of anilines is 1. The monoisotopic (exact) mass is 234 g/mol. The van der Waals surface area contributed by atoms with E-state index in [0.717, 1.165) is 35.0 Å². The molecule has 86 valence electrons. The topological polar surface area (TPSA) is 27.0 Å². The van der Waals surface area contributed by atoms with Gasteiger partial charge in [-0.3, -0.25) is 0 Å². The van der Waals surface area contributed by atoms with Gasteiger partial charge in [0, 0.05) is 18.0 Å². The van der Waals surface area contributed by atoms with E-state index in [1.54, 1.807) is 11.8 Å². The fourth-order valence-electron chi connectivity index (χ4n) is 1.74. The average molecular weight is 234 g/mol. The third-order valence-electron chi connectivity index (χ3n) is 2.52. The van der Waals surface area contributed by atoms with Crippen LogP contribution < -0.4 is 4.90 Å². The lowest BCUT2D eigenvalue weighted by atomic mass is 10.1. The van der Waals surface area contributed by atoms with Gasteiger partial charge in [-0.15, -0.1) is 11.8 Å². The molecule has 1 rings (SSSR count). The molecule has 1 aromatic rings. The van der Waals surface area contributed by atoms with Gasteiger partial charge >= 0.3 is 0 Å². The van der Waals surface area contributed by atoms with Gasteiger partial charge in [0.1, 0.15) is 6.07 Å². The minimum atomic E-state index is 0.818. The van der Waals surface area contributed by atoms with E-state index in [9.17, 15) is 5.26 Å². The smallest absolute Gasteiger partial charge is 0.103 e. The Morgan fingerprint density at radius 3 is 2.44 bits per heavy atom. The first kappa shape index (κ1) is 12.9. The Morgan fingerprint density at radius 2 is 1.94 bits per heavy atom. The average Bonchev–Trinajstić information content (AvgIpc) is 2.31. The van der Waals surface area contributed by atoms with Crippen molar-refractivity contribution >= 4 is 17.4 Å². The second-order valence-corrected chi connectivity index (χ2v) is 4.67. The lowest BCUT2D eigenvalue weighted by Crippen LogP contribution is -2.22. The predicted octanol–water partition coefficient (Wildman–Crippen LogP) is 3.52. The van der Waals surface area contributed by atoms with E-state index in [4.69, 9.17) is 0 Å². The number of benzene rings is 1. The van der Waals surface area contributed by atoms with Crippen molar-refractivity contribution in [2.45, 2.75) is 25.7 Å². The fourth-order valence-corrected chi connectivity index (χ4v) is 2.52. The van der Waals surface area contributed by atoms with Gasteiger partial charge in [0.25, 0.3) is 0 Å². The largest absolute Gasteiger partial charge is 0.371 e. The molecule has 0 heterocycles. The molecule has 16 heavy (non-hydrogen) atoms. The highest BCUT2D eigenvalue weighted by Crippen LogP contribution is 2.29. The highest BCUT2D eigenvalue weighted by atomic mass is 32.2. The van der Waals surface area contributed by atoms with Crippen LogP contribution in [-0.4, -0.2) is 18.8 Å². The van der Waals surface area contributed by atoms with Gasteiger partial charge in [0.2, 0.25) is 0 Å². The predicted molar refractivity (Wildman–Crippen MR) is 71.1 cm³/mol. The maximum absolute atomic E-state index is 9.28. The van der Waals surface area contributed by atoms with Gasteiger partial charge in [0.15, 0.2) is 0 Å². The van der Waals surface area contributed by atoms with Gasteiger partial charge in [-0.2, -0.15) is 5.26 Å². The van der Waals surface area contributed by atoms with E-state index in [2.05, 4.69) is 31.7 Å². The van der Waals surface area contributed by atoms with Crippen LogP contribution in [0, 0.1) is 11.3 Å². The Balaban J connectivity index is 3.18. The third kappa shape index (κ3) is 2.70. The summed E-state index contributed by atoms with van der Waals surface area (Å²) in [5.41, 5.74) is 1.88. The summed E-state index contributed by atoms with van der Waals surface area (Å²) in [6.07, 6.45) is 0. The third-order valence-corrected chi connectivity index (χ3v) is 3.46. The zero-order valence-electron chi connectivity index (χ0n) is 10.2. The number of nitriles is 1. The van der Waals surface area contributed by atoms with Crippen molar-refractivity contribution in [3.8, 4) is 6.07 Å². The molecule has 2 nitrogen and oxygen atoms in total. The second-order valence-electron chi connectivity index (χ2n) is 3.37. The zero-order valence-corrected chi connectivity index (χ0v) is 11.0. The fraction of sp³-hybridized carbons (Fsp3) is 0.462. The van der Waals surface area contributed by atoms with Gasteiger partial charge in [0.05, 0.1) is 11.3 Å². The van der Waals surface area contributed by atoms with Crippen LogP contribution in [0.1, 0.15) is 26.3 Å². The number of nitrogens with zero attached hydrogens (tertiary/aromatic N) is 2. The van der Waals surface area contributed by atoms with Crippen LogP contribution in [0.5, 0.6) is 0 Å². The van der Waals surface area contributed by atoms with Crippen molar-refractivity contribution in [3.63, 3.8) is 0 Å². The molecule has 0 N–H and O–H groups in total. The van der Waals surface area contributed by atoms with Crippen molar-refractivity contribution in [2.75, 3.05) is 23.7 Å². The molecule has 0 radical (unpaired) electrons. The lowest BCUT2D eigenvalue weighted by Gasteiger charge is -2.23. The van der Waals surface area contributed by atoms with E-state index in [-0.39, 0.29) is 0 Å². The maximum atomic E-state index is 9.28. The Hall–Kier alpha value is -1.14. The molecule has 3 heteroatoms. The summed E-state index contributed by atoms with van der Waals surface area (Å²) in [6, 6.07) is 8.43. The molecule has 0 saturated heterocycles. The summed E-state index contributed by atoms with van der Waals surface area (Å²) in [5.74, 6) is 0.996. The zero-order chi connectivity index (χ0) is 12.0. The molecule has 0 aromatic heterocycles. The van der Waals surface area contributed by atoms with E-state index in [1.165, 1.54) is 0 Å². The molecule has 0 fully saturated rings. The number of rotatable bonds is 5. The van der Waals surface area contributed by atoms with Crippen LogP contribution in [0.3, 0.4) is 0 Å². The Bertz CT molecular complexity index is 378. The standard InChI is InChI=1S/C13H18N2S/c1-4-15(5-2)12-8-7-9-13(16-6-3)11(12)10-14/h7-9H,4-6H2,1-3H3. The SMILES string of the molecule is CCSc1cccc(N(CC)CC)c1C#N. The molecule has 0 aliphatic heterocycles. The molecule has 0 spiro atoms. The first-order valence-electron chi connectivity index (χ1n) is 5.69. The van der Waals surface area contributed by atoms with Gasteiger partial charge < -0.3 is 4.90 Å². The van der Waals surface area contributed by atoms with E-state index < -0.39 is 0 Å². The molecule has 0 amide bonds. The highest BCUT2D eigenvalue weighted by Gasteiger charge is 2.11. The number of hydrogen-bond donors (Lipinski definition) is 0. The van der Waals surface area contributed by atoms with Gasteiger partial charge in [-0.05, 0) is 31.7 Å². The van der Waals surface area contributed by atoms with E-state index in [0.29, 0.717) is 0 Å². The summed E-state index contributed by atoms with van der Waals surface area (Å²) in [4.78, 5) is 3.31. The Morgan fingerprint density at radius 1 is 1.25 bits per heavy atom. The lowest BCUT2D eigenvalue weighted by molar-refractivity contribution is 0.862. The number of hydrogen-bond acceptors (Lipinski definition) is 3.